The number of nitrogens with zero attached hydrogens (tertiary/aromatic N) is 1. The minimum atomic E-state index is -1.53. The lowest BCUT2D eigenvalue weighted by molar-refractivity contribution is -0.151. The van der Waals surface area contributed by atoms with Gasteiger partial charge in [0.15, 0.2) is 0 Å². The van der Waals surface area contributed by atoms with Crippen LogP contribution in [0.3, 0.4) is 0 Å². The number of halogens is 1. The van der Waals surface area contributed by atoms with Crippen molar-refractivity contribution in [3.63, 3.8) is 0 Å². The van der Waals surface area contributed by atoms with E-state index in [2.05, 4.69) is 22.6 Å². The summed E-state index contributed by atoms with van der Waals surface area (Å²) in [4.78, 5) is 35.0. The number of rotatable bonds is 3. The van der Waals surface area contributed by atoms with Crippen molar-refractivity contribution in [3.8, 4) is 0 Å². The molecule has 19 heavy (non-hydrogen) atoms. The SMILES string of the molecule is O=C(O)OC(c1ccc(I)cc1)N1C(=O)CCC1=O. The molecule has 2 rings (SSSR count). The third-order valence-electron chi connectivity index (χ3n) is 2.69. The van der Waals surface area contributed by atoms with Crippen molar-refractivity contribution in [3.05, 3.63) is 33.4 Å². The Morgan fingerprint density at radius 1 is 1.21 bits per heavy atom. The highest BCUT2D eigenvalue weighted by Gasteiger charge is 2.38. The molecule has 1 N–H and O–H groups in total. The summed E-state index contributed by atoms with van der Waals surface area (Å²) < 4.78 is 5.65. The van der Waals surface area contributed by atoms with Crippen molar-refractivity contribution >= 4 is 40.6 Å². The summed E-state index contributed by atoms with van der Waals surface area (Å²) in [5.41, 5.74) is 0.450. The summed E-state index contributed by atoms with van der Waals surface area (Å²) in [5, 5.41) is 8.76. The molecular formula is C12H10INO5. The first-order valence-corrected chi connectivity index (χ1v) is 6.57. The first kappa shape index (κ1) is 13.8. The van der Waals surface area contributed by atoms with Crippen LogP contribution in [0.2, 0.25) is 0 Å². The Labute approximate surface area is 122 Å². The van der Waals surface area contributed by atoms with E-state index in [1.807, 2.05) is 0 Å². The van der Waals surface area contributed by atoms with Crippen LogP contribution < -0.4 is 0 Å². The van der Waals surface area contributed by atoms with Gasteiger partial charge in [-0.2, -0.15) is 0 Å². The van der Waals surface area contributed by atoms with E-state index in [-0.39, 0.29) is 12.8 Å². The molecule has 1 fully saturated rings. The number of amides is 2. The summed E-state index contributed by atoms with van der Waals surface area (Å²) in [6.45, 7) is 0. The van der Waals surface area contributed by atoms with E-state index in [0.717, 1.165) is 8.47 Å². The number of hydrogen-bond donors (Lipinski definition) is 1. The lowest BCUT2D eigenvalue weighted by Gasteiger charge is -2.24. The maximum Gasteiger partial charge on any atom is 0.507 e. The molecule has 7 heteroatoms. The van der Waals surface area contributed by atoms with Gasteiger partial charge in [-0.3, -0.25) is 9.59 Å². The number of carbonyl (C=O) groups is 3. The van der Waals surface area contributed by atoms with Crippen LogP contribution in [-0.2, 0) is 14.3 Å². The lowest BCUT2D eigenvalue weighted by Crippen LogP contribution is -2.36. The fraction of sp³-hybridized carbons (Fsp3) is 0.250. The van der Waals surface area contributed by atoms with Gasteiger partial charge >= 0.3 is 6.16 Å². The van der Waals surface area contributed by atoms with Crippen LogP contribution in [-0.4, -0.2) is 28.0 Å². The Kier molecular flexibility index (Phi) is 4.03. The molecular weight excluding hydrogens is 365 g/mol. The number of carbonyl (C=O) groups excluding carboxylic acids is 2. The number of likely N-dealkylation sites (tertiary alicyclic amines) is 1. The van der Waals surface area contributed by atoms with Gasteiger partial charge in [0.2, 0.25) is 18.0 Å². The van der Waals surface area contributed by atoms with Crippen molar-refractivity contribution in [2.45, 2.75) is 19.1 Å². The second-order valence-electron chi connectivity index (χ2n) is 3.95. The molecule has 6 nitrogen and oxygen atoms in total. The molecule has 1 unspecified atom stereocenters. The Morgan fingerprint density at radius 3 is 2.21 bits per heavy atom. The molecule has 0 aliphatic carbocycles. The predicted molar refractivity (Wildman–Crippen MR) is 72.1 cm³/mol. The molecule has 1 atom stereocenters. The van der Waals surface area contributed by atoms with Crippen molar-refractivity contribution < 1.29 is 24.2 Å². The van der Waals surface area contributed by atoms with Crippen molar-refractivity contribution in [1.29, 1.82) is 0 Å². The molecule has 0 saturated carbocycles. The van der Waals surface area contributed by atoms with E-state index < -0.39 is 24.2 Å². The van der Waals surface area contributed by atoms with Gasteiger partial charge in [-0.05, 0) is 34.7 Å². The molecule has 1 heterocycles. The number of imide groups is 1. The minimum absolute atomic E-state index is 0.0860. The van der Waals surface area contributed by atoms with E-state index in [1.54, 1.807) is 24.3 Å². The van der Waals surface area contributed by atoms with Crippen LogP contribution in [0.5, 0.6) is 0 Å². The Hall–Kier alpha value is -1.64. The molecule has 100 valence electrons. The molecule has 1 aromatic carbocycles. The second-order valence-corrected chi connectivity index (χ2v) is 5.19. The lowest BCUT2D eigenvalue weighted by atomic mass is 10.2. The number of hydrogen-bond acceptors (Lipinski definition) is 4. The Bertz CT molecular complexity index is 511. The maximum atomic E-state index is 11.7. The number of benzene rings is 1. The van der Waals surface area contributed by atoms with Gasteiger partial charge in [-0.15, -0.1) is 0 Å². The van der Waals surface area contributed by atoms with E-state index in [9.17, 15) is 14.4 Å². The smallest absolute Gasteiger partial charge is 0.450 e. The molecule has 0 spiro atoms. The summed E-state index contributed by atoms with van der Waals surface area (Å²) in [7, 11) is 0. The third-order valence-corrected chi connectivity index (χ3v) is 3.41. The molecule has 0 radical (unpaired) electrons. The van der Waals surface area contributed by atoms with Gasteiger partial charge in [0.05, 0.1) is 0 Å². The van der Waals surface area contributed by atoms with Crippen molar-refractivity contribution in [2.75, 3.05) is 0 Å². The second kappa shape index (κ2) is 5.55. The van der Waals surface area contributed by atoms with Crippen LogP contribution in [0.4, 0.5) is 4.79 Å². The first-order chi connectivity index (χ1) is 8.99. The first-order valence-electron chi connectivity index (χ1n) is 5.49. The highest BCUT2D eigenvalue weighted by molar-refractivity contribution is 14.1. The van der Waals surface area contributed by atoms with Crippen LogP contribution in [0.15, 0.2) is 24.3 Å². The summed E-state index contributed by atoms with van der Waals surface area (Å²) in [5.74, 6) is -0.843. The van der Waals surface area contributed by atoms with Crippen molar-refractivity contribution in [2.24, 2.45) is 0 Å². The third kappa shape index (κ3) is 3.03. The van der Waals surface area contributed by atoms with Crippen LogP contribution >= 0.6 is 22.6 Å². The summed E-state index contributed by atoms with van der Waals surface area (Å²) in [6.07, 6.45) is -2.57. The Balaban J connectivity index is 2.35. The van der Waals surface area contributed by atoms with Gasteiger partial charge in [-0.25, -0.2) is 9.69 Å². The van der Waals surface area contributed by atoms with E-state index in [4.69, 9.17) is 9.84 Å². The zero-order chi connectivity index (χ0) is 14.0. The molecule has 1 aliphatic heterocycles. The number of ether oxygens (including phenoxy) is 1. The highest BCUT2D eigenvalue weighted by atomic mass is 127. The molecule has 2 amide bonds. The van der Waals surface area contributed by atoms with Crippen LogP contribution in [0.25, 0.3) is 0 Å². The topological polar surface area (TPSA) is 83.9 Å². The largest absolute Gasteiger partial charge is 0.507 e. The average Bonchev–Trinajstić information content (AvgIpc) is 2.67. The quantitative estimate of drug-likeness (QED) is 0.497. The highest BCUT2D eigenvalue weighted by Crippen LogP contribution is 2.28. The van der Waals surface area contributed by atoms with E-state index in [1.165, 1.54) is 0 Å². The van der Waals surface area contributed by atoms with Crippen LogP contribution in [0, 0.1) is 3.57 Å². The van der Waals surface area contributed by atoms with E-state index >= 15 is 0 Å². The predicted octanol–water partition coefficient (Wildman–Crippen LogP) is 2.13. The van der Waals surface area contributed by atoms with Gasteiger partial charge < -0.3 is 9.84 Å². The molecule has 0 bridgehead atoms. The van der Waals surface area contributed by atoms with E-state index in [0.29, 0.717) is 5.56 Å². The fourth-order valence-electron chi connectivity index (χ4n) is 1.85. The molecule has 1 aliphatic rings. The number of carboxylic acid groups (broad SMARTS) is 1. The van der Waals surface area contributed by atoms with Gasteiger partial charge in [0.25, 0.3) is 0 Å². The maximum absolute atomic E-state index is 11.7. The zero-order valence-electron chi connectivity index (χ0n) is 9.71. The molecule has 1 aromatic rings. The van der Waals surface area contributed by atoms with Gasteiger partial charge in [0.1, 0.15) is 0 Å². The van der Waals surface area contributed by atoms with Gasteiger partial charge in [0, 0.05) is 22.0 Å². The molecule has 1 saturated heterocycles. The van der Waals surface area contributed by atoms with Crippen LogP contribution in [0.1, 0.15) is 24.6 Å². The summed E-state index contributed by atoms with van der Waals surface area (Å²) in [6, 6.07) is 6.76. The zero-order valence-corrected chi connectivity index (χ0v) is 11.9. The monoisotopic (exact) mass is 375 g/mol. The standard InChI is InChI=1S/C12H10INO5/c13-8-3-1-7(2-4-8)11(19-12(17)18)14-9(15)5-6-10(14)16/h1-4,11H,5-6H2,(H,17,18). The minimum Gasteiger partial charge on any atom is -0.450 e. The van der Waals surface area contributed by atoms with Gasteiger partial charge in [-0.1, -0.05) is 12.1 Å². The summed E-state index contributed by atoms with van der Waals surface area (Å²) >= 11 is 2.10. The fourth-order valence-corrected chi connectivity index (χ4v) is 2.21. The molecule has 0 aromatic heterocycles. The average molecular weight is 375 g/mol. The normalized spacial score (nSPS) is 16.6. The Morgan fingerprint density at radius 2 is 1.74 bits per heavy atom. The van der Waals surface area contributed by atoms with Crippen molar-refractivity contribution in [1.82, 2.24) is 4.90 Å².